The molecule has 7 heteroatoms. The second-order valence-electron chi connectivity index (χ2n) is 3.74. The molecule has 0 spiro atoms. The first-order chi connectivity index (χ1) is 6.83. The van der Waals surface area contributed by atoms with Gasteiger partial charge in [-0.15, -0.1) is 0 Å². The van der Waals surface area contributed by atoms with E-state index in [4.69, 9.17) is 0 Å². The average molecular weight is 285 g/mol. The molecule has 98 valence electrons. The first kappa shape index (κ1) is 16.3. The molecule has 16 heavy (non-hydrogen) atoms. The summed E-state index contributed by atoms with van der Waals surface area (Å²) in [6.45, 7) is 0. The number of hydrogen-bond donors (Lipinski definition) is 0. The van der Waals surface area contributed by atoms with Crippen LogP contribution in [0.2, 0.25) is 0 Å². The standard InChI is InChI=1S/C9H14F5S.ClH/c10-8(11,9(12,13)14)4-3-7-15-5-1-2-6-15;/h1-7H2;1H/q+1;/p-1. The molecule has 1 rings (SSSR count). The van der Waals surface area contributed by atoms with E-state index in [2.05, 4.69) is 0 Å². The summed E-state index contributed by atoms with van der Waals surface area (Å²) < 4.78 is 60.3. The highest BCUT2D eigenvalue weighted by Crippen LogP contribution is 2.39. The SMILES string of the molecule is FC(F)(F)C(F)(F)CCC[S+]1CCCC1.[Cl-]. The lowest BCUT2D eigenvalue weighted by Crippen LogP contribution is -3.00. The molecular weight excluding hydrogens is 271 g/mol. The predicted octanol–water partition coefficient (Wildman–Crippen LogP) is 0.380. The third-order valence-electron chi connectivity index (χ3n) is 2.45. The van der Waals surface area contributed by atoms with Gasteiger partial charge >= 0.3 is 12.1 Å². The second kappa shape index (κ2) is 6.28. The number of alkyl halides is 5. The molecule has 0 saturated carbocycles. The van der Waals surface area contributed by atoms with Crippen molar-refractivity contribution in [2.24, 2.45) is 0 Å². The van der Waals surface area contributed by atoms with Crippen LogP contribution in [0.5, 0.6) is 0 Å². The smallest absolute Gasteiger partial charge is 0.453 e. The first-order valence-corrected chi connectivity index (χ1v) is 6.65. The van der Waals surface area contributed by atoms with E-state index in [-0.39, 0.29) is 29.7 Å². The summed E-state index contributed by atoms with van der Waals surface area (Å²) in [4.78, 5) is 0. The van der Waals surface area contributed by atoms with Crippen LogP contribution in [0.4, 0.5) is 22.0 Å². The third kappa shape index (κ3) is 4.65. The van der Waals surface area contributed by atoms with Gasteiger partial charge < -0.3 is 12.4 Å². The maximum absolute atomic E-state index is 12.5. The van der Waals surface area contributed by atoms with Crippen LogP contribution in [0.15, 0.2) is 0 Å². The summed E-state index contributed by atoms with van der Waals surface area (Å²) >= 11 is 0. The van der Waals surface area contributed by atoms with E-state index in [1.54, 1.807) is 0 Å². The summed E-state index contributed by atoms with van der Waals surface area (Å²) in [5.74, 6) is -1.95. The van der Waals surface area contributed by atoms with Crippen molar-refractivity contribution in [1.82, 2.24) is 0 Å². The molecule has 0 aromatic heterocycles. The van der Waals surface area contributed by atoms with Crippen LogP contribution < -0.4 is 12.4 Å². The molecule has 1 aliphatic heterocycles. The first-order valence-electron chi connectivity index (χ1n) is 4.91. The molecule has 0 atom stereocenters. The quantitative estimate of drug-likeness (QED) is 0.517. The Hall–Kier alpha value is 0.290. The van der Waals surface area contributed by atoms with Crippen LogP contribution in [0, 0.1) is 0 Å². The molecule has 0 aromatic rings. The van der Waals surface area contributed by atoms with Crippen LogP contribution in [0.1, 0.15) is 25.7 Å². The zero-order chi connectivity index (χ0) is 11.5. The van der Waals surface area contributed by atoms with Gasteiger partial charge in [0.2, 0.25) is 0 Å². The Balaban J connectivity index is 0.00000225. The molecule has 1 saturated heterocycles. The lowest BCUT2D eigenvalue weighted by atomic mass is 10.2. The van der Waals surface area contributed by atoms with Crippen LogP contribution in [-0.2, 0) is 10.9 Å². The van der Waals surface area contributed by atoms with E-state index < -0.39 is 18.5 Å². The van der Waals surface area contributed by atoms with Crippen LogP contribution >= 0.6 is 0 Å². The fraction of sp³-hybridized carbons (Fsp3) is 1.00. The van der Waals surface area contributed by atoms with Gasteiger partial charge in [0, 0.05) is 6.42 Å². The predicted molar refractivity (Wildman–Crippen MR) is 51.4 cm³/mol. The zero-order valence-corrected chi connectivity index (χ0v) is 10.2. The van der Waals surface area contributed by atoms with Gasteiger partial charge in [-0.3, -0.25) is 0 Å². The monoisotopic (exact) mass is 284 g/mol. The summed E-state index contributed by atoms with van der Waals surface area (Å²) in [6.07, 6.45) is -4.26. The Morgan fingerprint density at radius 1 is 0.938 bits per heavy atom. The van der Waals surface area contributed by atoms with Crippen molar-refractivity contribution in [3.63, 3.8) is 0 Å². The summed E-state index contributed by atoms with van der Waals surface area (Å²) in [5.41, 5.74) is 0. The van der Waals surface area contributed by atoms with E-state index in [1.165, 1.54) is 0 Å². The summed E-state index contributed by atoms with van der Waals surface area (Å²) in [7, 11) is 0.111. The maximum atomic E-state index is 12.5. The molecule has 0 unspecified atom stereocenters. The normalized spacial score (nSPS) is 18.6. The summed E-state index contributed by atoms with van der Waals surface area (Å²) in [5, 5.41) is 0. The van der Waals surface area contributed by atoms with E-state index in [1.807, 2.05) is 0 Å². The van der Waals surface area contributed by atoms with Gasteiger partial charge in [0.05, 0.1) is 0 Å². The fourth-order valence-corrected chi connectivity index (χ4v) is 3.95. The van der Waals surface area contributed by atoms with Crippen LogP contribution in [-0.4, -0.2) is 29.4 Å². The van der Waals surface area contributed by atoms with Crippen molar-refractivity contribution in [3.05, 3.63) is 0 Å². The minimum atomic E-state index is -5.38. The van der Waals surface area contributed by atoms with Gasteiger partial charge in [-0.25, -0.2) is 0 Å². The lowest BCUT2D eigenvalue weighted by molar-refractivity contribution is -0.284. The highest BCUT2D eigenvalue weighted by atomic mass is 35.5. The molecule has 0 aromatic carbocycles. The highest BCUT2D eigenvalue weighted by molar-refractivity contribution is 7.97. The maximum Gasteiger partial charge on any atom is 0.453 e. The lowest BCUT2D eigenvalue weighted by Gasteiger charge is -2.18. The van der Waals surface area contributed by atoms with Gasteiger partial charge in [0.15, 0.2) is 0 Å². The van der Waals surface area contributed by atoms with Gasteiger partial charge in [0.1, 0.15) is 17.3 Å². The molecular formula is C9H14ClF5S. The molecule has 1 aliphatic rings. The molecule has 1 fully saturated rings. The van der Waals surface area contributed by atoms with Gasteiger partial charge in [-0.2, -0.15) is 22.0 Å². The summed E-state index contributed by atoms with van der Waals surface area (Å²) in [6, 6.07) is 0. The van der Waals surface area contributed by atoms with Gasteiger partial charge in [-0.1, -0.05) is 0 Å². The molecule has 1 heterocycles. The van der Waals surface area contributed by atoms with Gasteiger partial charge in [0.25, 0.3) is 0 Å². The van der Waals surface area contributed by atoms with Crippen molar-refractivity contribution < 1.29 is 34.4 Å². The Morgan fingerprint density at radius 3 is 1.88 bits per heavy atom. The Kier molecular flexibility index (Phi) is 6.40. The number of halogens is 6. The highest BCUT2D eigenvalue weighted by Gasteiger charge is 2.56. The number of rotatable bonds is 4. The molecule has 0 radical (unpaired) electrons. The topological polar surface area (TPSA) is 0 Å². The van der Waals surface area contributed by atoms with Crippen LogP contribution in [0.25, 0.3) is 0 Å². The van der Waals surface area contributed by atoms with Crippen molar-refractivity contribution in [3.8, 4) is 0 Å². The fourth-order valence-electron chi connectivity index (χ4n) is 1.56. The Morgan fingerprint density at radius 2 is 1.44 bits per heavy atom. The zero-order valence-electron chi connectivity index (χ0n) is 8.63. The number of hydrogen-bond acceptors (Lipinski definition) is 0. The van der Waals surface area contributed by atoms with E-state index in [0.717, 1.165) is 24.3 Å². The van der Waals surface area contributed by atoms with E-state index in [9.17, 15) is 22.0 Å². The minimum absolute atomic E-state index is 0. The molecule has 0 bridgehead atoms. The van der Waals surface area contributed by atoms with E-state index in [0.29, 0.717) is 5.75 Å². The van der Waals surface area contributed by atoms with Crippen molar-refractivity contribution in [2.45, 2.75) is 37.8 Å². The largest absolute Gasteiger partial charge is 1.00 e. The molecule has 0 nitrogen and oxygen atoms in total. The minimum Gasteiger partial charge on any atom is -1.00 e. The van der Waals surface area contributed by atoms with Gasteiger partial charge in [-0.05, 0) is 30.2 Å². The molecule has 0 N–H and O–H groups in total. The third-order valence-corrected chi connectivity index (χ3v) is 5.05. The Bertz CT molecular complexity index is 201. The van der Waals surface area contributed by atoms with Crippen molar-refractivity contribution in [2.75, 3.05) is 17.3 Å². The molecule has 0 aliphatic carbocycles. The average Bonchev–Trinajstić information content (AvgIpc) is 2.54. The molecule has 0 amide bonds. The Labute approximate surface area is 101 Å². The second-order valence-corrected chi connectivity index (χ2v) is 6.19. The van der Waals surface area contributed by atoms with Crippen molar-refractivity contribution in [1.29, 1.82) is 0 Å². The van der Waals surface area contributed by atoms with Crippen LogP contribution in [0.3, 0.4) is 0 Å². The van der Waals surface area contributed by atoms with Crippen molar-refractivity contribution >= 4 is 10.9 Å². The van der Waals surface area contributed by atoms with E-state index >= 15 is 0 Å².